The van der Waals surface area contributed by atoms with Crippen molar-refractivity contribution in [3.8, 4) is 5.75 Å². The van der Waals surface area contributed by atoms with Crippen LogP contribution in [0, 0.1) is 0 Å². The molecular weight excluding hydrogens is 236 g/mol. The average molecular weight is 254 g/mol. The molecule has 3 N–H and O–H groups in total. The summed E-state index contributed by atoms with van der Waals surface area (Å²) in [5.41, 5.74) is 10.8. The number of benzene rings is 2. The number of nitrogens with two attached hydrogens (primary N) is 1. The van der Waals surface area contributed by atoms with E-state index in [4.69, 9.17) is 5.73 Å². The van der Waals surface area contributed by atoms with E-state index in [1.54, 1.807) is 12.1 Å². The minimum absolute atomic E-state index is 0.324. The average Bonchev–Trinajstić information content (AvgIpc) is 2.83. The fraction of sp³-hybridized carbons (Fsp3) is 0.250. The van der Waals surface area contributed by atoms with Gasteiger partial charge in [0.2, 0.25) is 0 Å². The number of phenolic OH excluding ortho intramolecular Hbond substituents is 1. The second-order valence-corrected chi connectivity index (χ2v) is 5.11. The number of rotatable bonds is 3. The van der Waals surface area contributed by atoms with Gasteiger partial charge < -0.3 is 10.8 Å². The summed E-state index contributed by atoms with van der Waals surface area (Å²) in [6, 6.07) is 13.6. The van der Waals surface area contributed by atoms with Crippen LogP contribution in [0.5, 0.6) is 5.75 Å². The number of hydrogen-bond acceptors (Lipinski definition) is 3. The highest BCUT2D eigenvalue weighted by molar-refractivity contribution is 5.52. The van der Waals surface area contributed by atoms with Crippen LogP contribution in [0.15, 0.2) is 42.5 Å². The highest BCUT2D eigenvalue weighted by atomic mass is 16.3. The second kappa shape index (κ2) is 4.94. The van der Waals surface area contributed by atoms with E-state index < -0.39 is 0 Å². The molecule has 0 bridgehead atoms. The fourth-order valence-electron chi connectivity index (χ4n) is 2.62. The molecule has 3 rings (SSSR count). The molecule has 0 atom stereocenters. The van der Waals surface area contributed by atoms with Crippen LogP contribution in [0.4, 0.5) is 5.69 Å². The van der Waals surface area contributed by atoms with Crippen LogP contribution in [0.1, 0.15) is 16.7 Å². The van der Waals surface area contributed by atoms with E-state index in [1.807, 2.05) is 24.3 Å². The minimum Gasteiger partial charge on any atom is -0.508 e. The maximum absolute atomic E-state index is 9.26. The van der Waals surface area contributed by atoms with Crippen LogP contribution in [-0.4, -0.2) is 16.6 Å². The molecule has 3 nitrogen and oxygen atoms in total. The Morgan fingerprint density at radius 2 is 1.84 bits per heavy atom. The molecular formula is C16H18N2O. The van der Waals surface area contributed by atoms with Crippen molar-refractivity contribution in [3.05, 3.63) is 59.2 Å². The van der Waals surface area contributed by atoms with Crippen LogP contribution in [0.2, 0.25) is 0 Å². The predicted octanol–water partition coefficient (Wildman–Crippen LogP) is 2.53. The zero-order chi connectivity index (χ0) is 13.2. The lowest BCUT2D eigenvalue weighted by molar-refractivity contribution is 0.288. The number of nitrogens with zero attached hydrogens (tertiary/aromatic N) is 1. The van der Waals surface area contributed by atoms with Gasteiger partial charge in [-0.1, -0.05) is 24.3 Å². The SMILES string of the molecule is Nc1cccc2c1CN(CCc1ccc(O)cc1)C2. The lowest BCUT2D eigenvalue weighted by Crippen LogP contribution is -2.19. The van der Waals surface area contributed by atoms with Gasteiger partial charge in [0.05, 0.1) is 0 Å². The Hall–Kier alpha value is -2.00. The first-order chi connectivity index (χ1) is 9.22. The van der Waals surface area contributed by atoms with Crippen molar-refractivity contribution in [1.29, 1.82) is 0 Å². The molecule has 0 aromatic heterocycles. The van der Waals surface area contributed by atoms with E-state index in [9.17, 15) is 5.11 Å². The molecule has 1 heterocycles. The normalized spacial score (nSPS) is 14.5. The Balaban J connectivity index is 1.62. The molecule has 1 aliphatic heterocycles. The quantitative estimate of drug-likeness (QED) is 0.828. The van der Waals surface area contributed by atoms with Gasteiger partial charge >= 0.3 is 0 Å². The summed E-state index contributed by atoms with van der Waals surface area (Å²) in [5.74, 6) is 0.324. The van der Waals surface area contributed by atoms with Crippen molar-refractivity contribution in [2.75, 3.05) is 12.3 Å². The molecule has 0 aliphatic carbocycles. The largest absolute Gasteiger partial charge is 0.508 e. The molecule has 0 radical (unpaired) electrons. The number of phenols is 1. The van der Waals surface area contributed by atoms with Crippen molar-refractivity contribution >= 4 is 5.69 Å². The van der Waals surface area contributed by atoms with E-state index in [2.05, 4.69) is 11.0 Å². The topological polar surface area (TPSA) is 49.5 Å². The smallest absolute Gasteiger partial charge is 0.115 e. The molecule has 98 valence electrons. The molecule has 2 aromatic rings. The van der Waals surface area contributed by atoms with E-state index in [0.29, 0.717) is 5.75 Å². The van der Waals surface area contributed by atoms with Gasteiger partial charge in [0.15, 0.2) is 0 Å². The molecule has 0 saturated carbocycles. The number of hydrogen-bond donors (Lipinski definition) is 2. The third-order valence-corrected chi connectivity index (χ3v) is 3.74. The first-order valence-electron chi connectivity index (χ1n) is 6.59. The number of fused-ring (bicyclic) bond motifs is 1. The summed E-state index contributed by atoms with van der Waals surface area (Å²) >= 11 is 0. The molecule has 19 heavy (non-hydrogen) atoms. The number of aromatic hydroxyl groups is 1. The van der Waals surface area contributed by atoms with Crippen LogP contribution in [0.3, 0.4) is 0 Å². The van der Waals surface area contributed by atoms with Crippen molar-refractivity contribution in [1.82, 2.24) is 4.90 Å². The standard InChI is InChI=1S/C16H18N2O/c17-16-3-1-2-13-10-18(11-15(13)16)9-8-12-4-6-14(19)7-5-12/h1-7,19H,8-11,17H2. The molecule has 0 saturated heterocycles. The first-order valence-corrected chi connectivity index (χ1v) is 6.59. The van der Waals surface area contributed by atoms with Gasteiger partial charge in [-0.05, 0) is 41.3 Å². The van der Waals surface area contributed by atoms with Gasteiger partial charge in [0.25, 0.3) is 0 Å². The number of nitrogen functional groups attached to an aromatic ring is 1. The zero-order valence-electron chi connectivity index (χ0n) is 10.8. The molecule has 1 aliphatic rings. The summed E-state index contributed by atoms with van der Waals surface area (Å²) in [6.07, 6.45) is 0.994. The summed E-state index contributed by atoms with van der Waals surface area (Å²) < 4.78 is 0. The van der Waals surface area contributed by atoms with Gasteiger partial charge in [0.1, 0.15) is 5.75 Å². The summed E-state index contributed by atoms with van der Waals surface area (Å²) in [6.45, 7) is 2.94. The lowest BCUT2D eigenvalue weighted by atomic mass is 10.1. The predicted molar refractivity (Wildman–Crippen MR) is 76.8 cm³/mol. The first kappa shape index (κ1) is 12.1. The van der Waals surface area contributed by atoms with E-state index in [-0.39, 0.29) is 0 Å². The van der Waals surface area contributed by atoms with Gasteiger partial charge in [-0.25, -0.2) is 0 Å². The highest BCUT2D eigenvalue weighted by Gasteiger charge is 2.19. The Kier molecular flexibility index (Phi) is 3.13. The van der Waals surface area contributed by atoms with E-state index in [0.717, 1.165) is 31.7 Å². The molecule has 0 unspecified atom stereocenters. The lowest BCUT2D eigenvalue weighted by Gasteiger charge is -2.14. The Bertz CT molecular complexity index is 578. The second-order valence-electron chi connectivity index (χ2n) is 5.11. The van der Waals surface area contributed by atoms with Crippen LogP contribution in [-0.2, 0) is 19.5 Å². The molecule has 0 amide bonds. The van der Waals surface area contributed by atoms with Crippen molar-refractivity contribution < 1.29 is 5.11 Å². The van der Waals surface area contributed by atoms with Crippen LogP contribution >= 0.6 is 0 Å². The van der Waals surface area contributed by atoms with E-state index >= 15 is 0 Å². The van der Waals surface area contributed by atoms with Crippen molar-refractivity contribution in [2.45, 2.75) is 19.5 Å². The van der Waals surface area contributed by atoms with E-state index in [1.165, 1.54) is 16.7 Å². The van der Waals surface area contributed by atoms with Gasteiger partial charge in [0, 0.05) is 25.3 Å². The van der Waals surface area contributed by atoms with Gasteiger partial charge in [-0.15, -0.1) is 0 Å². The summed E-state index contributed by atoms with van der Waals surface area (Å²) in [7, 11) is 0. The van der Waals surface area contributed by atoms with Gasteiger partial charge in [-0.2, -0.15) is 0 Å². The highest BCUT2D eigenvalue weighted by Crippen LogP contribution is 2.27. The van der Waals surface area contributed by atoms with Crippen LogP contribution < -0.4 is 5.73 Å². The maximum atomic E-state index is 9.26. The molecule has 2 aromatic carbocycles. The van der Waals surface area contributed by atoms with Crippen LogP contribution in [0.25, 0.3) is 0 Å². The summed E-state index contributed by atoms with van der Waals surface area (Å²) in [4.78, 5) is 2.41. The maximum Gasteiger partial charge on any atom is 0.115 e. The number of anilines is 1. The fourth-order valence-corrected chi connectivity index (χ4v) is 2.62. The minimum atomic E-state index is 0.324. The molecule has 3 heteroatoms. The summed E-state index contributed by atoms with van der Waals surface area (Å²) in [5, 5.41) is 9.26. The Labute approximate surface area is 113 Å². The zero-order valence-corrected chi connectivity index (χ0v) is 10.8. The van der Waals surface area contributed by atoms with Gasteiger partial charge in [-0.3, -0.25) is 4.90 Å². The third-order valence-electron chi connectivity index (χ3n) is 3.74. The Morgan fingerprint density at radius 1 is 1.05 bits per heavy atom. The molecule has 0 fully saturated rings. The molecule has 0 spiro atoms. The Morgan fingerprint density at radius 3 is 2.58 bits per heavy atom. The van der Waals surface area contributed by atoms with Crippen molar-refractivity contribution in [3.63, 3.8) is 0 Å². The third kappa shape index (κ3) is 2.56. The monoisotopic (exact) mass is 254 g/mol. The van der Waals surface area contributed by atoms with Crippen molar-refractivity contribution in [2.24, 2.45) is 0 Å².